The molecule has 0 amide bonds. The fourth-order valence-electron chi connectivity index (χ4n) is 1.31. The molecule has 0 radical (unpaired) electrons. The zero-order valence-corrected chi connectivity index (χ0v) is 7.88. The smallest absolute Gasteiger partial charge is 0.0666 e. The van der Waals surface area contributed by atoms with Crippen LogP contribution in [-0.4, -0.2) is 9.78 Å². The van der Waals surface area contributed by atoms with Crippen molar-refractivity contribution in [3.8, 4) is 0 Å². The molecule has 0 spiro atoms. The van der Waals surface area contributed by atoms with Crippen LogP contribution in [0.2, 0.25) is 0 Å². The van der Waals surface area contributed by atoms with E-state index in [1.807, 2.05) is 4.68 Å². The van der Waals surface area contributed by atoms with Gasteiger partial charge in [0.1, 0.15) is 0 Å². The third kappa shape index (κ3) is 1.85. The Morgan fingerprint density at radius 3 is 2.67 bits per heavy atom. The van der Waals surface area contributed by atoms with Gasteiger partial charge in [0.15, 0.2) is 0 Å². The number of hydrogen-bond donors (Lipinski definition) is 1. The molecule has 3 nitrogen and oxygen atoms in total. The molecule has 2 N–H and O–H groups in total. The van der Waals surface area contributed by atoms with E-state index in [1.54, 1.807) is 0 Å². The molecule has 1 rings (SSSR count). The van der Waals surface area contributed by atoms with Crippen molar-refractivity contribution in [3.05, 3.63) is 17.5 Å². The van der Waals surface area contributed by atoms with E-state index in [4.69, 9.17) is 5.73 Å². The lowest BCUT2D eigenvalue weighted by Gasteiger charge is -1.94. The summed E-state index contributed by atoms with van der Waals surface area (Å²) in [5.74, 6) is 0. The lowest BCUT2D eigenvalue weighted by molar-refractivity contribution is 0.595. The lowest BCUT2D eigenvalue weighted by Crippen LogP contribution is -1.97. The molecule has 0 aliphatic carbocycles. The van der Waals surface area contributed by atoms with Gasteiger partial charge in [-0.1, -0.05) is 13.8 Å². The van der Waals surface area contributed by atoms with Crippen LogP contribution >= 0.6 is 0 Å². The minimum atomic E-state index is 0.604. The minimum Gasteiger partial charge on any atom is -0.326 e. The second-order valence-corrected chi connectivity index (χ2v) is 2.92. The Balaban J connectivity index is 2.81. The minimum absolute atomic E-state index is 0.604. The van der Waals surface area contributed by atoms with Crippen LogP contribution < -0.4 is 5.73 Å². The quantitative estimate of drug-likeness (QED) is 0.735. The van der Waals surface area contributed by atoms with Crippen molar-refractivity contribution in [1.29, 1.82) is 0 Å². The van der Waals surface area contributed by atoms with Crippen molar-refractivity contribution in [2.24, 2.45) is 5.73 Å². The van der Waals surface area contributed by atoms with Crippen LogP contribution in [0.4, 0.5) is 0 Å². The highest BCUT2D eigenvalue weighted by Gasteiger charge is 2.03. The first kappa shape index (κ1) is 9.26. The van der Waals surface area contributed by atoms with Crippen LogP contribution in [0.25, 0.3) is 0 Å². The van der Waals surface area contributed by atoms with Gasteiger partial charge in [0.05, 0.1) is 5.69 Å². The SMILES string of the molecule is CCCn1cc(CN)c(CC)n1. The van der Waals surface area contributed by atoms with E-state index in [-0.39, 0.29) is 0 Å². The second kappa shape index (κ2) is 4.26. The summed E-state index contributed by atoms with van der Waals surface area (Å²) >= 11 is 0. The van der Waals surface area contributed by atoms with Gasteiger partial charge in [0.2, 0.25) is 0 Å². The highest BCUT2D eigenvalue weighted by atomic mass is 15.3. The number of hydrogen-bond acceptors (Lipinski definition) is 2. The number of nitrogens with two attached hydrogens (primary N) is 1. The van der Waals surface area contributed by atoms with Gasteiger partial charge in [-0.25, -0.2) is 0 Å². The molecule has 1 aromatic rings. The summed E-state index contributed by atoms with van der Waals surface area (Å²) in [5.41, 5.74) is 7.91. The Hall–Kier alpha value is -0.830. The first-order chi connectivity index (χ1) is 5.81. The molecule has 0 aromatic carbocycles. The van der Waals surface area contributed by atoms with Crippen LogP contribution in [0.5, 0.6) is 0 Å². The highest BCUT2D eigenvalue weighted by molar-refractivity contribution is 5.16. The topological polar surface area (TPSA) is 43.8 Å². The Morgan fingerprint density at radius 1 is 1.50 bits per heavy atom. The summed E-state index contributed by atoms with van der Waals surface area (Å²) < 4.78 is 1.99. The summed E-state index contributed by atoms with van der Waals surface area (Å²) in [5, 5.41) is 4.43. The molecular formula is C9H17N3. The molecule has 68 valence electrons. The zero-order valence-electron chi connectivity index (χ0n) is 7.88. The maximum Gasteiger partial charge on any atom is 0.0666 e. The van der Waals surface area contributed by atoms with E-state index >= 15 is 0 Å². The van der Waals surface area contributed by atoms with E-state index in [0.29, 0.717) is 6.54 Å². The average Bonchev–Trinajstić information content (AvgIpc) is 2.48. The Kier molecular flexibility index (Phi) is 3.29. The van der Waals surface area contributed by atoms with Crippen LogP contribution in [-0.2, 0) is 19.5 Å². The molecule has 0 aliphatic heterocycles. The van der Waals surface area contributed by atoms with Crippen LogP contribution in [0.3, 0.4) is 0 Å². The van der Waals surface area contributed by atoms with Gasteiger partial charge in [-0.3, -0.25) is 4.68 Å². The van der Waals surface area contributed by atoms with Gasteiger partial charge in [-0.2, -0.15) is 5.10 Å². The predicted octanol–water partition coefficient (Wildman–Crippen LogP) is 1.31. The standard InChI is InChI=1S/C9H17N3/c1-3-5-12-7-8(6-10)9(4-2)11-12/h7H,3-6,10H2,1-2H3. The second-order valence-electron chi connectivity index (χ2n) is 2.92. The van der Waals surface area contributed by atoms with Crippen LogP contribution in [0, 0.1) is 0 Å². The van der Waals surface area contributed by atoms with Crippen molar-refractivity contribution < 1.29 is 0 Å². The number of aryl methyl sites for hydroxylation is 2. The largest absolute Gasteiger partial charge is 0.326 e. The maximum absolute atomic E-state index is 5.58. The number of nitrogens with zero attached hydrogens (tertiary/aromatic N) is 2. The average molecular weight is 167 g/mol. The molecular weight excluding hydrogens is 150 g/mol. The first-order valence-corrected chi connectivity index (χ1v) is 4.57. The zero-order chi connectivity index (χ0) is 8.97. The van der Waals surface area contributed by atoms with E-state index in [9.17, 15) is 0 Å². The summed E-state index contributed by atoms with van der Waals surface area (Å²) in [6, 6.07) is 0. The molecule has 0 unspecified atom stereocenters. The third-order valence-corrected chi connectivity index (χ3v) is 1.93. The van der Waals surface area contributed by atoms with Gasteiger partial charge in [-0.05, 0) is 12.8 Å². The molecule has 12 heavy (non-hydrogen) atoms. The first-order valence-electron chi connectivity index (χ1n) is 4.57. The monoisotopic (exact) mass is 167 g/mol. The van der Waals surface area contributed by atoms with E-state index < -0.39 is 0 Å². The predicted molar refractivity (Wildman–Crippen MR) is 49.8 cm³/mol. The lowest BCUT2D eigenvalue weighted by atomic mass is 10.2. The molecule has 0 fully saturated rings. The molecule has 0 saturated heterocycles. The van der Waals surface area contributed by atoms with Crippen LogP contribution in [0.1, 0.15) is 31.5 Å². The van der Waals surface area contributed by atoms with Crippen molar-refractivity contribution in [2.75, 3.05) is 0 Å². The van der Waals surface area contributed by atoms with E-state index in [2.05, 4.69) is 25.1 Å². The molecule has 0 aliphatic rings. The van der Waals surface area contributed by atoms with Crippen molar-refractivity contribution in [1.82, 2.24) is 9.78 Å². The Labute approximate surface area is 73.6 Å². The third-order valence-electron chi connectivity index (χ3n) is 1.93. The van der Waals surface area contributed by atoms with Crippen LogP contribution in [0.15, 0.2) is 6.20 Å². The van der Waals surface area contributed by atoms with E-state index in [0.717, 1.165) is 25.1 Å². The number of aromatic nitrogens is 2. The fraction of sp³-hybridized carbons (Fsp3) is 0.667. The maximum atomic E-state index is 5.58. The van der Waals surface area contributed by atoms with Crippen molar-refractivity contribution >= 4 is 0 Å². The summed E-state index contributed by atoms with van der Waals surface area (Å²) in [4.78, 5) is 0. The summed E-state index contributed by atoms with van der Waals surface area (Å²) in [6.07, 6.45) is 4.15. The van der Waals surface area contributed by atoms with Crippen molar-refractivity contribution in [3.63, 3.8) is 0 Å². The van der Waals surface area contributed by atoms with Gasteiger partial charge in [0, 0.05) is 24.8 Å². The molecule has 1 aromatic heterocycles. The van der Waals surface area contributed by atoms with Gasteiger partial charge in [-0.15, -0.1) is 0 Å². The highest BCUT2D eigenvalue weighted by Crippen LogP contribution is 2.06. The molecule has 1 heterocycles. The summed E-state index contributed by atoms with van der Waals surface area (Å²) in [6.45, 7) is 5.85. The molecule has 3 heteroatoms. The van der Waals surface area contributed by atoms with E-state index in [1.165, 1.54) is 5.56 Å². The van der Waals surface area contributed by atoms with Crippen molar-refractivity contribution in [2.45, 2.75) is 39.8 Å². The molecule has 0 bridgehead atoms. The normalized spacial score (nSPS) is 10.6. The fourth-order valence-corrected chi connectivity index (χ4v) is 1.31. The summed E-state index contributed by atoms with van der Waals surface area (Å²) in [7, 11) is 0. The van der Waals surface area contributed by atoms with Gasteiger partial charge in [0.25, 0.3) is 0 Å². The van der Waals surface area contributed by atoms with Gasteiger partial charge >= 0.3 is 0 Å². The number of rotatable bonds is 4. The molecule has 0 saturated carbocycles. The molecule has 0 atom stereocenters. The Morgan fingerprint density at radius 2 is 2.25 bits per heavy atom. The Bertz CT molecular complexity index is 218. The van der Waals surface area contributed by atoms with Gasteiger partial charge < -0.3 is 5.73 Å².